The third-order valence-electron chi connectivity index (χ3n) is 9.12. The molecule has 0 aliphatic carbocycles. The Bertz CT molecular complexity index is 2250. The average Bonchev–Trinajstić information content (AvgIpc) is 3.76. The molecule has 59 heavy (non-hydrogen) atoms. The van der Waals surface area contributed by atoms with Gasteiger partial charge in [-0.2, -0.15) is 64.8 Å². The van der Waals surface area contributed by atoms with Crippen LogP contribution in [0.1, 0.15) is 65.3 Å². The molecule has 0 aliphatic rings. The summed E-state index contributed by atoms with van der Waals surface area (Å²) in [6.07, 6.45) is -18.7. The van der Waals surface area contributed by atoms with E-state index in [4.69, 9.17) is 17.0 Å². The van der Waals surface area contributed by atoms with Gasteiger partial charge in [-0.05, 0) is 53.9 Å². The van der Waals surface area contributed by atoms with E-state index in [-0.39, 0.29) is 23.3 Å². The number of hydrogen-bond donors (Lipinski definition) is 0. The normalized spacial score (nSPS) is 11.9. The van der Waals surface area contributed by atoms with Crippen molar-refractivity contribution in [2.75, 3.05) is 0 Å². The Hall–Kier alpha value is -3.06. The first kappa shape index (κ1) is 50.3. The molecule has 0 unspecified atom stereocenters. The quantitative estimate of drug-likeness (QED) is 0.0917. The van der Waals surface area contributed by atoms with Crippen molar-refractivity contribution in [2.45, 2.75) is 84.8 Å². The Kier molecular flexibility index (Phi) is 17.6. The van der Waals surface area contributed by atoms with Gasteiger partial charge in [0.1, 0.15) is 0 Å². The van der Waals surface area contributed by atoms with Crippen molar-refractivity contribution in [1.82, 2.24) is 0 Å². The zero-order chi connectivity index (χ0) is 44.7. The van der Waals surface area contributed by atoms with E-state index in [2.05, 4.69) is 13.8 Å². The van der Waals surface area contributed by atoms with E-state index in [0.29, 0.717) is 21.9 Å². The van der Waals surface area contributed by atoms with Gasteiger partial charge in [0.2, 0.25) is 0 Å². The second-order valence-corrected chi connectivity index (χ2v) is 19.0. The van der Waals surface area contributed by atoms with E-state index in [1.54, 1.807) is 30.3 Å². The van der Waals surface area contributed by atoms with Crippen LogP contribution in [0.3, 0.4) is 0 Å². The van der Waals surface area contributed by atoms with Crippen LogP contribution in [0.15, 0.2) is 84.9 Å². The fourth-order valence-corrected chi connectivity index (χ4v) is 6.77. The molecule has 0 saturated carbocycles. The summed E-state index contributed by atoms with van der Waals surface area (Å²) in [5, 5.41) is 2.96. The average molecular weight is 973 g/mol. The minimum atomic E-state index is -4.86. The van der Waals surface area contributed by atoms with Crippen molar-refractivity contribution in [2.24, 2.45) is 0 Å². The number of halogens is 14. The number of benzene rings is 4. The fourth-order valence-electron chi connectivity index (χ4n) is 6.27. The van der Waals surface area contributed by atoms with Gasteiger partial charge in [-0.3, -0.25) is 0 Å². The van der Waals surface area contributed by atoms with Crippen LogP contribution < -0.4 is 0 Å². The molecular formula is C43H38Cl2F12SiZr. The summed E-state index contributed by atoms with van der Waals surface area (Å²) < 4.78 is 157. The second kappa shape index (κ2) is 20.7. The van der Waals surface area contributed by atoms with Crippen LogP contribution >= 0.6 is 17.0 Å². The van der Waals surface area contributed by atoms with Crippen LogP contribution in [0.5, 0.6) is 0 Å². The number of alkyl halides is 12. The molecule has 0 N–H and O–H groups in total. The molecular weight excluding hydrogens is 935 g/mol. The Morgan fingerprint density at radius 2 is 0.847 bits per heavy atom. The van der Waals surface area contributed by atoms with Gasteiger partial charge in [-0.25, -0.2) is 0 Å². The summed E-state index contributed by atoms with van der Waals surface area (Å²) in [7, 11) is 11.1. The van der Waals surface area contributed by atoms with E-state index in [1.807, 2.05) is 45.9 Å². The van der Waals surface area contributed by atoms with E-state index >= 15 is 0 Å². The van der Waals surface area contributed by atoms with Gasteiger partial charge < -0.3 is 0 Å². The molecule has 16 heteroatoms. The van der Waals surface area contributed by atoms with Crippen molar-refractivity contribution in [3.8, 4) is 22.3 Å². The zero-order valence-electron chi connectivity index (χ0n) is 32.5. The molecule has 0 amide bonds. The number of fused-ring (bicyclic) bond motifs is 2. The van der Waals surface area contributed by atoms with E-state index < -0.39 is 67.8 Å². The van der Waals surface area contributed by atoms with Crippen molar-refractivity contribution >= 4 is 48.1 Å². The fraction of sp³-hybridized carbons (Fsp3) is 0.302. The number of rotatable bonds is 5. The first-order chi connectivity index (χ1) is 27.3. The maximum absolute atomic E-state index is 13.1. The molecule has 0 saturated heterocycles. The Balaban J connectivity index is 0.000000267. The van der Waals surface area contributed by atoms with Crippen LogP contribution in [0, 0.1) is 20.8 Å². The Morgan fingerprint density at radius 1 is 0.508 bits per heavy atom. The third kappa shape index (κ3) is 13.5. The summed E-state index contributed by atoms with van der Waals surface area (Å²) >= 11 is -0.826. The Morgan fingerprint density at radius 3 is 1.15 bits per heavy atom. The molecule has 0 nitrogen and oxygen atoms in total. The molecule has 2 radical (unpaired) electrons. The van der Waals surface area contributed by atoms with Crippen LogP contribution in [0.25, 0.3) is 43.8 Å². The SMILES string of the molecule is CC[Si]CC.CCc1cc2c(-c3cc(C(F)(F)F)cc(C(F)(F)F)c3)ccc(C)c2[cH-]1.Cc1cc2c(-c3cc(C(F)(F)F)cc(C(F)(F)F)c3)ccc(C)c2[cH-]1.[Cl][Zr+2][Cl]. The molecule has 0 atom stereocenters. The minimum absolute atomic E-state index is 0.0922. The van der Waals surface area contributed by atoms with Gasteiger partial charge in [0.05, 0.1) is 22.3 Å². The van der Waals surface area contributed by atoms with Gasteiger partial charge in [-0.1, -0.05) is 76.9 Å². The molecule has 6 aromatic carbocycles. The van der Waals surface area contributed by atoms with Crippen LogP contribution in [-0.4, -0.2) is 9.52 Å². The standard InChI is InChI=1S/C20H15F6.C19H13F6.C4H10Si.2ClH.Zr/c1-3-12-6-17-11(2)4-5-16(18(17)7-12)13-8-14(19(21,22)23)10-15(9-13)20(24,25)26;1-10-5-16-11(2)3-4-15(17(16)6-10)12-7-13(18(20,21)22)9-14(8-12)19(23,24)25;1-3-5-4-2;;;/h4-10H,3H2,1-2H3;3-9H,1-2H3;3-4H2,1-2H3;2*1H;/q2*-1;;;;+4/p-2. The van der Waals surface area contributed by atoms with Crippen molar-refractivity contribution < 1.29 is 73.5 Å². The van der Waals surface area contributed by atoms with Crippen LogP contribution in [-0.2, 0) is 52.0 Å². The van der Waals surface area contributed by atoms with E-state index in [0.717, 1.165) is 63.7 Å². The topological polar surface area (TPSA) is 0 Å². The summed E-state index contributed by atoms with van der Waals surface area (Å²) in [4.78, 5) is 0. The molecule has 316 valence electrons. The van der Waals surface area contributed by atoms with Gasteiger partial charge in [0, 0.05) is 9.52 Å². The predicted octanol–water partition coefficient (Wildman–Crippen LogP) is 17.0. The van der Waals surface area contributed by atoms with E-state index in [1.165, 1.54) is 21.6 Å². The van der Waals surface area contributed by atoms with Gasteiger partial charge in [0.15, 0.2) is 0 Å². The number of aryl methyl sites for hydroxylation is 4. The van der Waals surface area contributed by atoms with Crippen molar-refractivity contribution in [1.29, 1.82) is 0 Å². The molecule has 0 bridgehead atoms. The van der Waals surface area contributed by atoms with Crippen molar-refractivity contribution in [3.63, 3.8) is 0 Å². The van der Waals surface area contributed by atoms with Crippen LogP contribution in [0.2, 0.25) is 12.1 Å². The first-order valence-corrected chi connectivity index (χ1v) is 25.7. The molecule has 0 spiro atoms. The van der Waals surface area contributed by atoms with Crippen LogP contribution in [0.4, 0.5) is 52.7 Å². The molecule has 0 fully saturated rings. The number of hydrogen-bond acceptors (Lipinski definition) is 0. The molecule has 6 aromatic rings. The summed E-state index contributed by atoms with van der Waals surface area (Å²) in [5.74, 6) is 0. The molecule has 0 aromatic heterocycles. The van der Waals surface area contributed by atoms with E-state index in [9.17, 15) is 52.7 Å². The third-order valence-corrected chi connectivity index (χ3v) is 10.1. The zero-order valence-corrected chi connectivity index (χ0v) is 37.5. The van der Waals surface area contributed by atoms with Gasteiger partial charge >= 0.3 is 62.6 Å². The maximum atomic E-state index is 13.1. The van der Waals surface area contributed by atoms with Gasteiger partial charge in [0.25, 0.3) is 0 Å². The first-order valence-electron chi connectivity index (χ1n) is 17.9. The molecule has 0 aliphatic heterocycles. The summed E-state index contributed by atoms with van der Waals surface area (Å²) in [6.45, 7) is 11.9. The monoisotopic (exact) mass is 970 g/mol. The predicted molar refractivity (Wildman–Crippen MR) is 212 cm³/mol. The molecule has 0 heterocycles. The summed E-state index contributed by atoms with van der Waals surface area (Å²) in [5.41, 5.74) is -0.996. The summed E-state index contributed by atoms with van der Waals surface area (Å²) in [6, 6.07) is 20.1. The molecule has 6 rings (SSSR count). The van der Waals surface area contributed by atoms with Gasteiger partial charge in [-0.15, -0.1) is 68.1 Å². The second-order valence-electron chi connectivity index (χ2n) is 13.4. The van der Waals surface area contributed by atoms with Crippen molar-refractivity contribution in [3.05, 3.63) is 129 Å². The Labute approximate surface area is 356 Å².